The van der Waals surface area contributed by atoms with Gasteiger partial charge < -0.3 is 15.8 Å². The van der Waals surface area contributed by atoms with Crippen LogP contribution in [-0.2, 0) is 9.53 Å². The van der Waals surface area contributed by atoms with Gasteiger partial charge in [-0.05, 0) is 26.2 Å². The quantitative estimate of drug-likeness (QED) is 0.550. The Hall–Kier alpha value is -0.580. The van der Waals surface area contributed by atoms with Gasteiger partial charge in [-0.1, -0.05) is 18.9 Å². The Kier molecular flexibility index (Phi) is 8.24. The summed E-state index contributed by atoms with van der Waals surface area (Å²) in [7, 11) is 0. The van der Waals surface area contributed by atoms with Crippen LogP contribution >= 0.6 is 12.4 Å². The van der Waals surface area contributed by atoms with Gasteiger partial charge in [-0.15, -0.1) is 19.0 Å². The molecule has 1 aliphatic carbocycles. The number of hydrogen-bond donors (Lipinski definition) is 2. The second-order valence-corrected chi connectivity index (χ2v) is 4.77. The van der Waals surface area contributed by atoms with Gasteiger partial charge in [0, 0.05) is 6.54 Å². The maximum Gasteiger partial charge on any atom is 0.249 e. The fourth-order valence-corrected chi connectivity index (χ4v) is 2.20. The Balaban J connectivity index is 0.00000289. The molecule has 5 heteroatoms. The predicted octanol–water partition coefficient (Wildman–Crippen LogP) is 1.78. The highest BCUT2D eigenvalue weighted by atomic mass is 35.5. The lowest BCUT2D eigenvalue weighted by atomic mass is 9.97. The molecule has 0 heterocycles. The van der Waals surface area contributed by atoms with Crippen molar-refractivity contribution in [3.8, 4) is 0 Å². The summed E-state index contributed by atoms with van der Waals surface area (Å²) in [5, 5.41) is 3.05. The van der Waals surface area contributed by atoms with Crippen molar-refractivity contribution in [2.75, 3.05) is 13.2 Å². The molecule has 0 aromatic heterocycles. The maximum absolute atomic E-state index is 11.9. The van der Waals surface area contributed by atoms with Crippen LogP contribution in [0.3, 0.4) is 0 Å². The molecule has 0 spiro atoms. The summed E-state index contributed by atoms with van der Waals surface area (Å²) >= 11 is 0. The van der Waals surface area contributed by atoms with E-state index in [1.54, 1.807) is 13.0 Å². The van der Waals surface area contributed by atoms with Crippen molar-refractivity contribution in [3.63, 3.8) is 0 Å². The van der Waals surface area contributed by atoms with Crippen LogP contribution in [0.2, 0.25) is 0 Å². The van der Waals surface area contributed by atoms with Crippen molar-refractivity contribution in [1.82, 2.24) is 5.32 Å². The number of rotatable bonds is 7. The van der Waals surface area contributed by atoms with Crippen LogP contribution in [0, 0.1) is 0 Å². The minimum Gasteiger partial charge on any atom is -0.368 e. The normalized spacial score (nSPS) is 18.8. The summed E-state index contributed by atoms with van der Waals surface area (Å²) in [6, 6.07) is 0. The van der Waals surface area contributed by atoms with Crippen molar-refractivity contribution < 1.29 is 9.53 Å². The molecular formula is C13H25ClN2O2. The maximum atomic E-state index is 11.9. The number of ether oxygens (including phenoxy) is 1. The smallest absolute Gasteiger partial charge is 0.249 e. The summed E-state index contributed by atoms with van der Waals surface area (Å²) < 4.78 is 5.42. The molecule has 1 aliphatic rings. The van der Waals surface area contributed by atoms with Crippen molar-refractivity contribution >= 4 is 18.3 Å². The lowest BCUT2D eigenvalue weighted by molar-refractivity contribution is -0.133. The Labute approximate surface area is 116 Å². The van der Waals surface area contributed by atoms with E-state index in [0.717, 1.165) is 32.1 Å². The summed E-state index contributed by atoms with van der Waals surface area (Å²) in [4.78, 5) is 11.9. The molecule has 0 radical (unpaired) electrons. The van der Waals surface area contributed by atoms with Gasteiger partial charge in [0.1, 0.15) is 6.10 Å². The average molecular weight is 277 g/mol. The van der Waals surface area contributed by atoms with E-state index in [2.05, 4.69) is 11.9 Å². The predicted molar refractivity (Wildman–Crippen MR) is 75.9 cm³/mol. The fourth-order valence-electron chi connectivity index (χ4n) is 2.20. The lowest BCUT2D eigenvalue weighted by Gasteiger charge is -2.30. The Morgan fingerprint density at radius 3 is 2.67 bits per heavy atom. The molecule has 1 unspecified atom stereocenters. The molecule has 106 valence electrons. The highest BCUT2D eigenvalue weighted by Crippen LogP contribution is 2.28. The first kappa shape index (κ1) is 17.4. The number of hydrogen-bond acceptors (Lipinski definition) is 3. The molecule has 0 saturated heterocycles. The molecule has 18 heavy (non-hydrogen) atoms. The highest BCUT2D eigenvalue weighted by molar-refractivity contribution is 5.85. The van der Waals surface area contributed by atoms with E-state index in [1.807, 2.05) is 0 Å². The first-order valence-electron chi connectivity index (χ1n) is 6.38. The molecule has 0 aliphatic heterocycles. The van der Waals surface area contributed by atoms with Crippen LogP contribution in [0.25, 0.3) is 0 Å². The van der Waals surface area contributed by atoms with Crippen LogP contribution in [0.4, 0.5) is 0 Å². The van der Waals surface area contributed by atoms with E-state index < -0.39 is 6.10 Å². The van der Waals surface area contributed by atoms with E-state index in [1.165, 1.54) is 0 Å². The SMILES string of the molecule is C=CCCOC(C)C(=O)NC1(CN)CCCC1.Cl. The third kappa shape index (κ3) is 4.96. The minimum absolute atomic E-state index is 0. The van der Waals surface area contributed by atoms with Crippen molar-refractivity contribution in [3.05, 3.63) is 12.7 Å². The van der Waals surface area contributed by atoms with Crippen molar-refractivity contribution in [2.45, 2.75) is 50.7 Å². The van der Waals surface area contributed by atoms with Gasteiger partial charge in [-0.2, -0.15) is 0 Å². The fraction of sp³-hybridized carbons (Fsp3) is 0.769. The molecule has 0 bridgehead atoms. The monoisotopic (exact) mass is 276 g/mol. The van der Waals surface area contributed by atoms with Gasteiger partial charge in [0.25, 0.3) is 0 Å². The lowest BCUT2D eigenvalue weighted by Crippen LogP contribution is -2.54. The standard InChI is InChI=1S/C13H24N2O2.ClH/c1-3-4-9-17-11(2)12(16)15-13(10-14)7-5-6-8-13;/h3,11H,1,4-10,14H2,2H3,(H,15,16);1H. The molecule has 0 aromatic rings. The van der Waals surface area contributed by atoms with Gasteiger partial charge >= 0.3 is 0 Å². The van der Waals surface area contributed by atoms with Gasteiger partial charge in [-0.3, -0.25) is 4.79 Å². The third-order valence-corrected chi connectivity index (χ3v) is 3.40. The molecule has 3 N–H and O–H groups in total. The van der Waals surface area contributed by atoms with E-state index in [-0.39, 0.29) is 23.9 Å². The largest absolute Gasteiger partial charge is 0.368 e. The number of nitrogens with two attached hydrogens (primary N) is 1. The summed E-state index contributed by atoms with van der Waals surface area (Å²) in [5.74, 6) is -0.0542. The Morgan fingerprint density at radius 1 is 1.56 bits per heavy atom. The zero-order valence-corrected chi connectivity index (χ0v) is 11.9. The van der Waals surface area contributed by atoms with Gasteiger partial charge in [0.15, 0.2) is 0 Å². The van der Waals surface area contributed by atoms with Crippen molar-refractivity contribution in [2.24, 2.45) is 5.73 Å². The molecule has 1 atom stereocenters. The van der Waals surface area contributed by atoms with Crippen LogP contribution < -0.4 is 11.1 Å². The number of nitrogens with one attached hydrogen (secondary N) is 1. The number of carbonyl (C=O) groups excluding carboxylic acids is 1. The van der Waals surface area contributed by atoms with E-state index >= 15 is 0 Å². The molecule has 1 amide bonds. The molecular weight excluding hydrogens is 252 g/mol. The zero-order chi connectivity index (χ0) is 12.7. The summed E-state index contributed by atoms with van der Waals surface area (Å²) in [6.07, 6.45) is 6.37. The van der Waals surface area contributed by atoms with E-state index in [0.29, 0.717) is 13.2 Å². The molecule has 1 rings (SSSR count). The Morgan fingerprint density at radius 2 is 2.17 bits per heavy atom. The molecule has 1 saturated carbocycles. The molecule has 1 fully saturated rings. The number of amides is 1. The number of halogens is 1. The van der Waals surface area contributed by atoms with E-state index in [4.69, 9.17) is 10.5 Å². The minimum atomic E-state index is -0.418. The zero-order valence-electron chi connectivity index (χ0n) is 11.1. The van der Waals surface area contributed by atoms with Crippen LogP contribution in [0.5, 0.6) is 0 Å². The second-order valence-electron chi connectivity index (χ2n) is 4.77. The third-order valence-electron chi connectivity index (χ3n) is 3.40. The second kappa shape index (κ2) is 8.51. The summed E-state index contributed by atoms with van der Waals surface area (Å²) in [6.45, 7) is 6.44. The van der Waals surface area contributed by atoms with Gasteiger partial charge in [0.05, 0.1) is 12.1 Å². The first-order valence-corrected chi connectivity index (χ1v) is 6.38. The topological polar surface area (TPSA) is 64.3 Å². The van der Waals surface area contributed by atoms with Gasteiger partial charge in [0.2, 0.25) is 5.91 Å². The molecule has 4 nitrogen and oxygen atoms in total. The van der Waals surface area contributed by atoms with Crippen LogP contribution in [0.1, 0.15) is 39.0 Å². The average Bonchev–Trinajstić information content (AvgIpc) is 2.78. The van der Waals surface area contributed by atoms with Gasteiger partial charge in [-0.25, -0.2) is 0 Å². The van der Waals surface area contributed by atoms with Crippen molar-refractivity contribution in [1.29, 1.82) is 0 Å². The first-order chi connectivity index (χ1) is 8.13. The molecule has 0 aromatic carbocycles. The summed E-state index contributed by atoms with van der Waals surface area (Å²) in [5.41, 5.74) is 5.58. The highest BCUT2D eigenvalue weighted by Gasteiger charge is 2.34. The Bertz CT molecular complexity index is 266. The number of carbonyl (C=O) groups is 1. The van der Waals surface area contributed by atoms with E-state index in [9.17, 15) is 4.79 Å². The van der Waals surface area contributed by atoms with Crippen LogP contribution in [0.15, 0.2) is 12.7 Å². The van der Waals surface area contributed by atoms with Crippen LogP contribution in [-0.4, -0.2) is 30.7 Å².